The van der Waals surface area contributed by atoms with Gasteiger partial charge in [0.2, 0.25) is 5.91 Å². The molecule has 1 rings (SSSR count). The number of rotatable bonds is 5. The van der Waals surface area contributed by atoms with Gasteiger partial charge in [-0.3, -0.25) is 9.59 Å². The van der Waals surface area contributed by atoms with E-state index in [0.717, 1.165) is 11.1 Å². The molecule has 1 atom stereocenters. The van der Waals surface area contributed by atoms with Crippen LogP contribution in [-0.2, 0) is 16.0 Å². The van der Waals surface area contributed by atoms with Gasteiger partial charge in [0.05, 0.1) is 12.8 Å². The largest absolute Gasteiger partial charge is 0.481 e. The van der Waals surface area contributed by atoms with Crippen LogP contribution in [-0.4, -0.2) is 23.0 Å². The van der Waals surface area contributed by atoms with Gasteiger partial charge in [-0.05, 0) is 25.0 Å². The first-order chi connectivity index (χ1) is 7.99. The number of amides is 1. The van der Waals surface area contributed by atoms with E-state index in [1.54, 1.807) is 6.92 Å². The highest BCUT2D eigenvalue weighted by Crippen LogP contribution is 2.07. The molecule has 17 heavy (non-hydrogen) atoms. The minimum atomic E-state index is -0.909. The highest BCUT2D eigenvalue weighted by atomic mass is 16.4. The molecule has 4 heteroatoms. The summed E-state index contributed by atoms with van der Waals surface area (Å²) in [6.07, 6.45) is 0.232. The number of hydrogen-bond acceptors (Lipinski definition) is 2. The van der Waals surface area contributed by atoms with Gasteiger partial charge in [-0.2, -0.15) is 0 Å². The molecule has 0 bridgehead atoms. The summed E-state index contributed by atoms with van der Waals surface area (Å²) in [5.74, 6) is -1.05. The molecule has 1 aromatic rings. The molecule has 92 valence electrons. The second-order valence-corrected chi connectivity index (χ2v) is 4.17. The van der Waals surface area contributed by atoms with Crippen molar-refractivity contribution >= 4 is 11.9 Å². The second kappa shape index (κ2) is 6.03. The zero-order valence-corrected chi connectivity index (χ0v) is 10.1. The molecule has 1 aromatic carbocycles. The molecule has 1 amide bonds. The van der Waals surface area contributed by atoms with Crippen molar-refractivity contribution < 1.29 is 14.7 Å². The van der Waals surface area contributed by atoms with Crippen LogP contribution in [0.1, 0.15) is 24.5 Å². The van der Waals surface area contributed by atoms with Gasteiger partial charge in [0.15, 0.2) is 0 Å². The fourth-order valence-corrected chi connectivity index (χ4v) is 1.62. The Balaban J connectivity index is 2.50. The Kier molecular flexibility index (Phi) is 4.69. The molecule has 0 saturated carbocycles. The van der Waals surface area contributed by atoms with E-state index < -0.39 is 5.97 Å². The average molecular weight is 235 g/mol. The van der Waals surface area contributed by atoms with E-state index in [1.165, 1.54) is 0 Å². The van der Waals surface area contributed by atoms with Gasteiger partial charge in [0, 0.05) is 6.04 Å². The lowest BCUT2D eigenvalue weighted by Crippen LogP contribution is -2.35. The number of nitrogens with one attached hydrogen (secondary N) is 1. The first kappa shape index (κ1) is 13.2. The highest BCUT2D eigenvalue weighted by molar-refractivity contribution is 5.80. The zero-order chi connectivity index (χ0) is 12.8. The molecule has 0 aliphatic carbocycles. The van der Waals surface area contributed by atoms with Crippen molar-refractivity contribution in [3.8, 4) is 0 Å². The van der Waals surface area contributed by atoms with Crippen LogP contribution in [0.5, 0.6) is 0 Å². The summed E-state index contributed by atoms with van der Waals surface area (Å²) < 4.78 is 0. The van der Waals surface area contributed by atoms with Gasteiger partial charge < -0.3 is 10.4 Å². The molecule has 4 nitrogen and oxygen atoms in total. The van der Waals surface area contributed by atoms with Gasteiger partial charge in [-0.1, -0.05) is 24.3 Å². The summed E-state index contributed by atoms with van der Waals surface area (Å²) in [4.78, 5) is 22.1. The Morgan fingerprint density at radius 2 is 2.00 bits per heavy atom. The van der Waals surface area contributed by atoms with Crippen LogP contribution in [0.4, 0.5) is 0 Å². The van der Waals surface area contributed by atoms with Crippen molar-refractivity contribution in [1.29, 1.82) is 0 Å². The predicted molar refractivity (Wildman–Crippen MR) is 64.7 cm³/mol. The zero-order valence-electron chi connectivity index (χ0n) is 10.1. The molecule has 0 spiro atoms. The molecule has 0 aliphatic rings. The van der Waals surface area contributed by atoms with Crippen LogP contribution in [0.15, 0.2) is 24.3 Å². The minimum Gasteiger partial charge on any atom is -0.481 e. The van der Waals surface area contributed by atoms with Crippen molar-refractivity contribution in [3.63, 3.8) is 0 Å². The quantitative estimate of drug-likeness (QED) is 0.813. The molecule has 0 radical (unpaired) electrons. The lowest BCUT2D eigenvalue weighted by atomic mass is 10.1. The summed E-state index contributed by atoms with van der Waals surface area (Å²) in [6, 6.07) is 7.31. The van der Waals surface area contributed by atoms with E-state index in [-0.39, 0.29) is 24.8 Å². The number of aryl methyl sites for hydroxylation is 1. The maximum atomic E-state index is 11.7. The van der Waals surface area contributed by atoms with Crippen molar-refractivity contribution in [3.05, 3.63) is 35.4 Å². The summed E-state index contributed by atoms with van der Waals surface area (Å²) in [5, 5.41) is 11.2. The van der Waals surface area contributed by atoms with Crippen LogP contribution >= 0.6 is 0 Å². The molecule has 2 N–H and O–H groups in total. The molecule has 1 unspecified atom stereocenters. The lowest BCUT2D eigenvalue weighted by molar-refractivity contribution is -0.137. The first-order valence-electron chi connectivity index (χ1n) is 5.54. The monoisotopic (exact) mass is 235 g/mol. The standard InChI is InChI=1S/C13H17NO3/c1-9-5-3-4-6-11(9)8-12(15)14-10(2)7-13(16)17/h3-6,10H,7-8H2,1-2H3,(H,14,15)(H,16,17). The Labute approximate surface area is 101 Å². The number of benzene rings is 1. The minimum absolute atomic E-state index is 0.0560. The van der Waals surface area contributed by atoms with E-state index in [2.05, 4.69) is 5.32 Å². The van der Waals surface area contributed by atoms with Crippen LogP contribution in [0, 0.1) is 6.92 Å². The van der Waals surface area contributed by atoms with Crippen molar-refractivity contribution in [2.75, 3.05) is 0 Å². The maximum Gasteiger partial charge on any atom is 0.305 e. The number of hydrogen-bond donors (Lipinski definition) is 2. The molecule has 0 aliphatic heterocycles. The number of carbonyl (C=O) groups excluding carboxylic acids is 1. The van der Waals surface area contributed by atoms with Crippen LogP contribution in [0.3, 0.4) is 0 Å². The summed E-state index contributed by atoms with van der Waals surface area (Å²) in [6.45, 7) is 3.63. The summed E-state index contributed by atoms with van der Waals surface area (Å²) >= 11 is 0. The van der Waals surface area contributed by atoms with E-state index >= 15 is 0 Å². The Bertz CT molecular complexity index is 415. The average Bonchev–Trinajstić information content (AvgIpc) is 2.19. The van der Waals surface area contributed by atoms with Gasteiger partial charge in [0.1, 0.15) is 0 Å². The SMILES string of the molecule is Cc1ccccc1CC(=O)NC(C)CC(=O)O. The number of carboxylic acids is 1. The van der Waals surface area contributed by atoms with Crippen molar-refractivity contribution in [1.82, 2.24) is 5.32 Å². The van der Waals surface area contributed by atoms with Gasteiger partial charge >= 0.3 is 5.97 Å². The van der Waals surface area contributed by atoms with Crippen LogP contribution in [0.25, 0.3) is 0 Å². The van der Waals surface area contributed by atoms with Gasteiger partial charge in [-0.25, -0.2) is 0 Å². The smallest absolute Gasteiger partial charge is 0.305 e. The summed E-state index contributed by atoms with van der Waals surface area (Å²) in [7, 11) is 0. The number of aliphatic carboxylic acids is 1. The van der Waals surface area contributed by atoms with Crippen LogP contribution in [0.2, 0.25) is 0 Å². The van der Waals surface area contributed by atoms with E-state index in [1.807, 2.05) is 31.2 Å². The Hall–Kier alpha value is -1.84. The van der Waals surface area contributed by atoms with E-state index in [4.69, 9.17) is 5.11 Å². The molecule has 0 aromatic heterocycles. The maximum absolute atomic E-state index is 11.7. The van der Waals surface area contributed by atoms with Crippen molar-refractivity contribution in [2.45, 2.75) is 32.7 Å². The predicted octanol–water partition coefficient (Wildman–Crippen LogP) is 1.52. The fourth-order valence-electron chi connectivity index (χ4n) is 1.62. The third-order valence-electron chi connectivity index (χ3n) is 2.50. The van der Waals surface area contributed by atoms with E-state index in [9.17, 15) is 9.59 Å². The molecular formula is C13H17NO3. The lowest BCUT2D eigenvalue weighted by Gasteiger charge is -2.12. The van der Waals surface area contributed by atoms with E-state index in [0.29, 0.717) is 0 Å². The summed E-state index contributed by atoms with van der Waals surface area (Å²) in [5.41, 5.74) is 2.03. The van der Waals surface area contributed by atoms with Gasteiger partial charge in [0.25, 0.3) is 0 Å². The molecular weight excluding hydrogens is 218 g/mol. The highest BCUT2D eigenvalue weighted by Gasteiger charge is 2.11. The normalized spacial score (nSPS) is 11.9. The second-order valence-electron chi connectivity index (χ2n) is 4.17. The topological polar surface area (TPSA) is 66.4 Å². The molecule has 0 fully saturated rings. The fraction of sp³-hybridized carbons (Fsp3) is 0.385. The Morgan fingerprint density at radius 3 is 2.59 bits per heavy atom. The Morgan fingerprint density at radius 1 is 1.35 bits per heavy atom. The third kappa shape index (κ3) is 4.68. The van der Waals surface area contributed by atoms with Crippen LogP contribution < -0.4 is 5.32 Å². The van der Waals surface area contributed by atoms with Crippen molar-refractivity contribution in [2.24, 2.45) is 0 Å². The first-order valence-corrected chi connectivity index (χ1v) is 5.54. The molecule has 0 saturated heterocycles. The molecule has 0 heterocycles. The number of carbonyl (C=O) groups is 2. The van der Waals surface area contributed by atoms with Gasteiger partial charge in [-0.15, -0.1) is 0 Å². The third-order valence-corrected chi connectivity index (χ3v) is 2.50. The number of carboxylic acid groups (broad SMARTS) is 1.